The second-order valence-electron chi connectivity index (χ2n) is 4.14. The van der Waals surface area contributed by atoms with Gasteiger partial charge in [0.25, 0.3) is 0 Å². The lowest BCUT2D eigenvalue weighted by Crippen LogP contribution is -2.14. The first-order chi connectivity index (χ1) is 9.06. The van der Waals surface area contributed by atoms with Gasteiger partial charge in [-0.25, -0.2) is 4.98 Å². The lowest BCUT2D eigenvalue weighted by molar-refractivity contribution is 0.100. The van der Waals surface area contributed by atoms with E-state index in [1.54, 1.807) is 24.4 Å². The van der Waals surface area contributed by atoms with Crippen LogP contribution in [0.15, 0.2) is 28.8 Å². The molecule has 3 N–H and O–H groups in total. The van der Waals surface area contributed by atoms with Gasteiger partial charge in [-0.05, 0) is 24.6 Å². The SMILES string of the molecule is Cc1cnc(CNCc2ccc(C(N)=O)cc2Cl)o1. The Morgan fingerprint density at radius 2 is 2.26 bits per heavy atom. The molecule has 0 radical (unpaired) electrons. The van der Waals surface area contributed by atoms with Gasteiger partial charge in [-0.2, -0.15) is 0 Å². The molecular formula is C13H14ClN3O2. The van der Waals surface area contributed by atoms with Crippen molar-refractivity contribution in [2.24, 2.45) is 5.73 Å². The van der Waals surface area contributed by atoms with Crippen molar-refractivity contribution in [1.82, 2.24) is 10.3 Å². The zero-order valence-corrected chi connectivity index (χ0v) is 11.2. The molecule has 1 heterocycles. The Bertz CT molecular complexity index is 595. The summed E-state index contributed by atoms with van der Waals surface area (Å²) in [4.78, 5) is 15.1. The molecule has 0 spiro atoms. The largest absolute Gasteiger partial charge is 0.445 e. The lowest BCUT2D eigenvalue weighted by atomic mass is 10.1. The molecule has 2 aromatic rings. The van der Waals surface area contributed by atoms with Gasteiger partial charge in [0.2, 0.25) is 11.8 Å². The number of nitrogens with two attached hydrogens (primary N) is 1. The highest BCUT2D eigenvalue weighted by molar-refractivity contribution is 6.31. The highest BCUT2D eigenvalue weighted by Crippen LogP contribution is 2.17. The smallest absolute Gasteiger partial charge is 0.248 e. The van der Waals surface area contributed by atoms with Crippen LogP contribution in [0, 0.1) is 6.92 Å². The molecule has 1 aromatic carbocycles. The average molecular weight is 280 g/mol. The Balaban J connectivity index is 1.94. The van der Waals surface area contributed by atoms with Gasteiger partial charge < -0.3 is 15.5 Å². The van der Waals surface area contributed by atoms with Crippen molar-refractivity contribution in [1.29, 1.82) is 0 Å². The minimum absolute atomic E-state index is 0.400. The van der Waals surface area contributed by atoms with Crippen LogP contribution < -0.4 is 11.1 Å². The summed E-state index contributed by atoms with van der Waals surface area (Å²) in [6.07, 6.45) is 1.67. The number of nitrogens with one attached hydrogen (secondary N) is 1. The summed E-state index contributed by atoms with van der Waals surface area (Å²) in [6.45, 7) is 2.91. The standard InChI is InChI=1S/C13H14ClN3O2/c1-8-5-17-12(19-8)7-16-6-10-3-2-9(13(15)18)4-11(10)14/h2-5,16H,6-7H2,1H3,(H2,15,18). The van der Waals surface area contributed by atoms with Crippen LogP contribution in [0.4, 0.5) is 0 Å². The molecule has 0 aliphatic heterocycles. The van der Waals surface area contributed by atoms with E-state index in [1.807, 2.05) is 6.92 Å². The fraction of sp³-hybridized carbons (Fsp3) is 0.231. The van der Waals surface area contributed by atoms with Crippen molar-refractivity contribution in [3.8, 4) is 0 Å². The van der Waals surface area contributed by atoms with Gasteiger partial charge in [0.05, 0.1) is 12.7 Å². The average Bonchev–Trinajstić information content (AvgIpc) is 2.77. The van der Waals surface area contributed by atoms with Gasteiger partial charge in [0, 0.05) is 17.1 Å². The first kappa shape index (κ1) is 13.6. The first-order valence-corrected chi connectivity index (χ1v) is 6.14. The Kier molecular flexibility index (Phi) is 4.19. The number of amides is 1. The lowest BCUT2D eigenvalue weighted by Gasteiger charge is -2.06. The number of carbonyl (C=O) groups is 1. The summed E-state index contributed by atoms with van der Waals surface area (Å²) in [5.74, 6) is 0.916. The quantitative estimate of drug-likeness (QED) is 0.877. The molecule has 0 bridgehead atoms. The topological polar surface area (TPSA) is 81.1 Å². The molecule has 0 saturated heterocycles. The summed E-state index contributed by atoms with van der Waals surface area (Å²) in [6, 6.07) is 4.99. The zero-order valence-electron chi connectivity index (χ0n) is 10.4. The van der Waals surface area contributed by atoms with Crippen molar-refractivity contribution >= 4 is 17.5 Å². The fourth-order valence-electron chi connectivity index (χ4n) is 1.63. The maximum atomic E-state index is 11.0. The molecule has 0 aliphatic carbocycles. The molecule has 100 valence electrons. The summed E-state index contributed by atoms with van der Waals surface area (Å²) in [5, 5.41) is 3.67. The summed E-state index contributed by atoms with van der Waals surface area (Å²) in [5.41, 5.74) is 6.46. The number of aryl methyl sites for hydroxylation is 1. The van der Waals surface area contributed by atoms with Gasteiger partial charge in [0.15, 0.2) is 0 Å². The predicted molar refractivity (Wildman–Crippen MR) is 71.8 cm³/mol. The van der Waals surface area contributed by atoms with Crippen LogP contribution >= 0.6 is 11.6 Å². The maximum absolute atomic E-state index is 11.0. The van der Waals surface area contributed by atoms with E-state index in [1.165, 1.54) is 0 Å². The third-order valence-electron chi connectivity index (χ3n) is 2.60. The van der Waals surface area contributed by atoms with E-state index in [-0.39, 0.29) is 0 Å². The van der Waals surface area contributed by atoms with Crippen LogP contribution in [-0.4, -0.2) is 10.9 Å². The van der Waals surface area contributed by atoms with Crippen LogP contribution in [-0.2, 0) is 13.1 Å². The fourth-order valence-corrected chi connectivity index (χ4v) is 1.88. The molecule has 0 saturated carbocycles. The van der Waals surface area contributed by atoms with Crippen LogP contribution in [0.2, 0.25) is 5.02 Å². The number of halogens is 1. The van der Waals surface area contributed by atoms with Gasteiger partial charge in [0.1, 0.15) is 5.76 Å². The third-order valence-corrected chi connectivity index (χ3v) is 2.95. The number of rotatable bonds is 5. The number of nitrogens with zero attached hydrogens (tertiary/aromatic N) is 1. The number of carbonyl (C=O) groups excluding carboxylic acids is 1. The van der Waals surface area contributed by atoms with Crippen LogP contribution in [0.5, 0.6) is 0 Å². The van der Waals surface area contributed by atoms with E-state index < -0.39 is 5.91 Å². The number of aromatic nitrogens is 1. The first-order valence-electron chi connectivity index (χ1n) is 5.76. The van der Waals surface area contributed by atoms with E-state index in [4.69, 9.17) is 21.8 Å². The minimum atomic E-state index is -0.489. The van der Waals surface area contributed by atoms with E-state index in [9.17, 15) is 4.79 Å². The van der Waals surface area contributed by atoms with Crippen molar-refractivity contribution in [3.05, 3.63) is 52.2 Å². The number of oxazole rings is 1. The number of hydrogen-bond donors (Lipinski definition) is 2. The number of primary amides is 1. The van der Waals surface area contributed by atoms with E-state index in [0.717, 1.165) is 11.3 Å². The van der Waals surface area contributed by atoms with Gasteiger partial charge in [-0.1, -0.05) is 17.7 Å². The van der Waals surface area contributed by atoms with Crippen LogP contribution in [0.1, 0.15) is 27.6 Å². The summed E-state index contributed by atoms with van der Waals surface area (Å²) < 4.78 is 5.33. The highest BCUT2D eigenvalue weighted by atomic mass is 35.5. The van der Waals surface area contributed by atoms with Crippen molar-refractivity contribution in [2.45, 2.75) is 20.0 Å². The molecule has 6 heteroatoms. The molecule has 1 amide bonds. The van der Waals surface area contributed by atoms with Gasteiger partial charge >= 0.3 is 0 Å². The van der Waals surface area contributed by atoms with Crippen molar-refractivity contribution in [3.63, 3.8) is 0 Å². The maximum Gasteiger partial charge on any atom is 0.248 e. The monoisotopic (exact) mass is 279 g/mol. The molecular weight excluding hydrogens is 266 g/mol. The second kappa shape index (κ2) is 5.86. The number of hydrogen-bond acceptors (Lipinski definition) is 4. The molecule has 2 rings (SSSR count). The molecule has 0 unspecified atom stereocenters. The highest BCUT2D eigenvalue weighted by Gasteiger charge is 2.06. The normalized spacial score (nSPS) is 10.6. The van der Waals surface area contributed by atoms with E-state index in [0.29, 0.717) is 29.6 Å². The van der Waals surface area contributed by atoms with Crippen LogP contribution in [0.3, 0.4) is 0 Å². The Morgan fingerprint density at radius 1 is 1.47 bits per heavy atom. The molecule has 19 heavy (non-hydrogen) atoms. The third kappa shape index (κ3) is 3.56. The number of benzene rings is 1. The molecule has 5 nitrogen and oxygen atoms in total. The minimum Gasteiger partial charge on any atom is -0.445 e. The Morgan fingerprint density at radius 3 is 2.84 bits per heavy atom. The van der Waals surface area contributed by atoms with Crippen molar-refractivity contribution in [2.75, 3.05) is 0 Å². The molecule has 0 aliphatic rings. The van der Waals surface area contributed by atoms with Gasteiger partial charge in [-0.15, -0.1) is 0 Å². The van der Waals surface area contributed by atoms with E-state index in [2.05, 4.69) is 10.3 Å². The second-order valence-corrected chi connectivity index (χ2v) is 4.55. The zero-order chi connectivity index (χ0) is 13.8. The molecule has 0 atom stereocenters. The van der Waals surface area contributed by atoms with Crippen LogP contribution in [0.25, 0.3) is 0 Å². The predicted octanol–water partition coefficient (Wildman–Crippen LogP) is 2.03. The Hall–Kier alpha value is -1.85. The van der Waals surface area contributed by atoms with E-state index >= 15 is 0 Å². The summed E-state index contributed by atoms with van der Waals surface area (Å²) in [7, 11) is 0. The molecule has 1 aromatic heterocycles. The van der Waals surface area contributed by atoms with Gasteiger partial charge in [-0.3, -0.25) is 4.79 Å². The summed E-state index contributed by atoms with van der Waals surface area (Å²) >= 11 is 6.07. The van der Waals surface area contributed by atoms with Crippen molar-refractivity contribution < 1.29 is 9.21 Å². The molecule has 0 fully saturated rings. The Labute approximate surface area is 115 Å².